The lowest BCUT2D eigenvalue weighted by atomic mass is 10.2. The Labute approximate surface area is 128 Å². The summed E-state index contributed by atoms with van der Waals surface area (Å²) in [7, 11) is 0. The van der Waals surface area contributed by atoms with Crippen LogP contribution < -0.4 is 5.32 Å². The van der Waals surface area contributed by atoms with Gasteiger partial charge in [0.15, 0.2) is 0 Å². The minimum absolute atomic E-state index is 0.0738. The molecular formula is C15H19NO4S. The molecule has 2 unspecified atom stereocenters. The van der Waals surface area contributed by atoms with Crippen molar-refractivity contribution in [1.82, 2.24) is 0 Å². The summed E-state index contributed by atoms with van der Waals surface area (Å²) in [6, 6.07) is 7.45. The summed E-state index contributed by atoms with van der Waals surface area (Å²) >= 11 is 1.33. The molecule has 6 heteroatoms. The molecule has 1 aromatic carbocycles. The van der Waals surface area contributed by atoms with Gasteiger partial charge in [-0.1, -0.05) is 12.1 Å². The fourth-order valence-corrected chi connectivity index (χ4v) is 2.91. The molecule has 0 aromatic heterocycles. The van der Waals surface area contributed by atoms with Crippen LogP contribution in [0.15, 0.2) is 24.3 Å². The molecule has 1 amide bonds. The van der Waals surface area contributed by atoms with Crippen molar-refractivity contribution in [2.45, 2.75) is 37.7 Å². The largest absolute Gasteiger partial charge is 0.481 e. The van der Waals surface area contributed by atoms with E-state index in [1.807, 2.05) is 31.2 Å². The fraction of sp³-hybridized carbons (Fsp3) is 0.467. The van der Waals surface area contributed by atoms with Gasteiger partial charge in [-0.05, 0) is 37.5 Å². The number of hydrogen-bond acceptors (Lipinski definition) is 4. The zero-order valence-corrected chi connectivity index (χ0v) is 12.7. The third kappa shape index (κ3) is 5.06. The van der Waals surface area contributed by atoms with Crippen molar-refractivity contribution >= 4 is 29.3 Å². The number of amides is 1. The number of benzene rings is 1. The van der Waals surface area contributed by atoms with Crippen molar-refractivity contribution in [2.75, 3.05) is 11.1 Å². The maximum atomic E-state index is 12.1. The number of nitrogens with one attached hydrogen (secondary N) is 1. The Morgan fingerprint density at radius 2 is 2.24 bits per heavy atom. The first-order valence-corrected chi connectivity index (χ1v) is 8.05. The van der Waals surface area contributed by atoms with Gasteiger partial charge in [0.25, 0.3) is 5.91 Å². The number of hydrogen-bond donors (Lipinski definition) is 2. The SMILES string of the molecule is CC1CCC(C(=O)Nc2cccc(CSCC(=O)O)c2)O1. The van der Waals surface area contributed by atoms with E-state index in [4.69, 9.17) is 9.84 Å². The average Bonchev–Trinajstić information content (AvgIpc) is 2.85. The summed E-state index contributed by atoms with van der Waals surface area (Å²) in [5.74, 6) is -0.260. The normalized spacial score (nSPS) is 21.2. The predicted molar refractivity (Wildman–Crippen MR) is 82.4 cm³/mol. The van der Waals surface area contributed by atoms with Crippen LogP contribution in [0.4, 0.5) is 5.69 Å². The molecule has 1 aliphatic rings. The molecule has 1 aliphatic heterocycles. The number of aliphatic carboxylic acids is 1. The molecule has 2 N–H and O–H groups in total. The molecule has 5 nitrogen and oxygen atoms in total. The van der Waals surface area contributed by atoms with Gasteiger partial charge >= 0.3 is 5.97 Å². The highest BCUT2D eigenvalue weighted by Gasteiger charge is 2.28. The zero-order valence-electron chi connectivity index (χ0n) is 11.9. The van der Waals surface area contributed by atoms with Gasteiger partial charge < -0.3 is 15.2 Å². The van der Waals surface area contributed by atoms with Gasteiger partial charge in [-0.3, -0.25) is 9.59 Å². The van der Waals surface area contributed by atoms with Gasteiger partial charge in [-0.2, -0.15) is 0 Å². The van der Waals surface area contributed by atoms with Crippen molar-refractivity contribution in [3.05, 3.63) is 29.8 Å². The number of carboxylic acid groups (broad SMARTS) is 1. The van der Waals surface area contributed by atoms with Crippen LogP contribution in [-0.4, -0.2) is 34.9 Å². The second-order valence-corrected chi connectivity index (χ2v) is 6.07. The Morgan fingerprint density at radius 3 is 2.90 bits per heavy atom. The molecule has 114 valence electrons. The van der Waals surface area contributed by atoms with E-state index in [-0.39, 0.29) is 23.9 Å². The van der Waals surface area contributed by atoms with Gasteiger partial charge in [0, 0.05) is 11.4 Å². The molecule has 0 aliphatic carbocycles. The molecule has 1 fully saturated rings. The molecule has 1 heterocycles. The maximum absolute atomic E-state index is 12.1. The predicted octanol–water partition coefficient (Wildman–Crippen LogP) is 2.51. The number of carboxylic acids is 1. The number of carbonyl (C=O) groups is 2. The minimum Gasteiger partial charge on any atom is -0.481 e. The van der Waals surface area contributed by atoms with Crippen LogP contribution in [0.5, 0.6) is 0 Å². The number of ether oxygens (including phenoxy) is 1. The lowest BCUT2D eigenvalue weighted by Gasteiger charge is -2.12. The molecule has 0 spiro atoms. The van der Waals surface area contributed by atoms with E-state index in [1.54, 1.807) is 0 Å². The third-order valence-corrected chi connectivity index (χ3v) is 4.20. The van der Waals surface area contributed by atoms with E-state index < -0.39 is 5.97 Å². The monoisotopic (exact) mass is 309 g/mol. The Balaban J connectivity index is 1.88. The standard InChI is InChI=1S/C15H19NO4S/c1-10-5-6-13(20-10)15(19)16-12-4-2-3-11(7-12)8-21-9-14(17)18/h2-4,7,10,13H,5-6,8-9H2,1H3,(H,16,19)(H,17,18). The highest BCUT2D eigenvalue weighted by Crippen LogP contribution is 2.21. The minimum atomic E-state index is -0.822. The van der Waals surface area contributed by atoms with Gasteiger partial charge in [0.05, 0.1) is 11.9 Å². The summed E-state index contributed by atoms with van der Waals surface area (Å²) in [5.41, 5.74) is 1.70. The van der Waals surface area contributed by atoms with Crippen LogP contribution in [0, 0.1) is 0 Å². The number of carbonyl (C=O) groups excluding carboxylic acids is 1. The van der Waals surface area contributed by atoms with Crippen molar-refractivity contribution in [3.63, 3.8) is 0 Å². The van der Waals surface area contributed by atoms with E-state index in [1.165, 1.54) is 11.8 Å². The lowest BCUT2D eigenvalue weighted by molar-refractivity contribution is -0.134. The molecule has 0 radical (unpaired) electrons. The topological polar surface area (TPSA) is 75.6 Å². The zero-order chi connectivity index (χ0) is 15.2. The Morgan fingerprint density at radius 1 is 1.43 bits per heavy atom. The van der Waals surface area contributed by atoms with Gasteiger partial charge in [0.2, 0.25) is 0 Å². The summed E-state index contributed by atoms with van der Waals surface area (Å²) in [6.45, 7) is 1.97. The molecule has 2 rings (SSSR count). The number of rotatable bonds is 6. The van der Waals surface area contributed by atoms with Crippen molar-refractivity contribution in [2.24, 2.45) is 0 Å². The Hall–Kier alpha value is -1.53. The van der Waals surface area contributed by atoms with Crippen LogP contribution in [0.3, 0.4) is 0 Å². The van der Waals surface area contributed by atoms with E-state index >= 15 is 0 Å². The van der Waals surface area contributed by atoms with Crippen LogP contribution in [0.25, 0.3) is 0 Å². The first-order valence-electron chi connectivity index (χ1n) is 6.89. The van der Waals surface area contributed by atoms with Gasteiger partial charge in [0.1, 0.15) is 6.10 Å². The molecular weight excluding hydrogens is 290 g/mol. The van der Waals surface area contributed by atoms with Crippen LogP contribution in [0.2, 0.25) is 0 Å². The van der Waals surface area contributed by atoms with Crippen molar-refractivity contribution in [1.29, 1.82) is 0 Å². The quantitative estimate of drug-likeness (QED) is 0.844. The van der Waals surface area contributed by atoms with Gasteiger partial charge in [-0.25, -0.2) is 0 Å². The molecule has 2 atom stereocenters. The molecule has 1 aromatic rings. The lowest BCUT2D eigenvalue weighted by Crippen LogP contribution is -2.27. The molecule has 0 saturated carbocycles. The van der Waals surface area contributed by atoms with E-state index in [0.717, 1.165) is 24.1 Å². The summed E-state index contributed by atoms with van der Waals surface area (Å²) in [4.78, 5) is 22.5. The summed E-state index contributed by atoms with van der Waals surface area (Å²) < 4.78 is 5.54. The fourth-order valence-electron chi connectivity index (χ4n) is 2.21. The first kappa shape index (κ1) is 15.9. The van der Waals surface area contributed by atoms with Gasteiger partial charge in [-0.15, -0.1) is 11.8 Å². The summed E-state index contributed by atoms with van der Waals surface area (Å²) in [6.07, 6.45) is 1.43. The average molecular weight is 309 g/mol. The highest BCUT2D eigenvalue weighted by atomic mass is 32.2. The molecule has 1 saturated heterocycles. The third-order valence-electron chi connectivity index (χ3n) is 3.21. The first-order chi connectivity index (χ1) is 10.0. The van der Waals surface area contributed by atoms with Crippen LogP contribution >= 0.6 is 11.8 Å². The van der Waals surface area contributed by atoms with Crippen LogP contribution in [0.1, 0.15) is 25.3 Å². The van der Waals surface area contributed by atoms with E-state index in [9.17, 15) is 9.59 Å². The van der Waals surface area contributed by atoms with E-state index in [2.05, 4.69) is 5.32 Å². The Kier molecular flexibility index (Phi) is 5.64. The number of anilines is 1. The second-order valence-electron chi connectivity index (χ2n) is 5.09. The highest BCUT2D eigenvalue weighted by molar-refractivity contribution is 7.99. The number of thioether (sulfide) groups is 1. The maximum Gasteiger partial charge on any atom is 0.313 e. The van der Waals surface area contributed by atoms with Crippen molar-refractivity contribution in [3.8, 4) is 0 Å². The van der Waals surface area contributed by atoms with Crippen molar-refractivity contribution < 1.29 is 19.4 Å². The second kappa shape index (κ2) is 7.47. The van der Waals surface area contributed by atoms with Crippen LogP contribution in [-0.2, 0) is 20.1 Å². The molecule has 21 heavy (non-hydrogen) atoms. The molecule has 0 bridgehead atoms. The Bertz CT molecular complexity index is 520. The summed E-state index contributed by atoms with van der Waals surface area (Å²) in [5, 5.41) is 11.5. The van der Waals surface area contributed by atoms with E-state index in [0.29, 0.717) is 5.75 Å². The smallest absolute Gasteiger partial charge is 0.313 e.